The summed E-state index contributed by atoms with van der Waals surface area (Å²) in [5.41, 5.74) is 1.28. The molecule has 0 radical (unpaired) electrons. The van der Waals surface area contributed by atoms with E-state index < -0.39 is 11.6 Å². The van der Waals surface area contributed by atoms with E-state index in [-0.39, 0.29) is 13.2 Å². The molecule has 0 bridgehead atoms. The predicted molar refractivity (Wildman–Crippen MR) is 76.1 cm³/mol. The summed E-state index contributed by atoms with van der Waals surface area (Å²) in [6.45, 7) is -0.344. The molecule has 2 N–H and O–H groups in total. The van der Waals surface area contributed by atoms with Crippen molar-refractivity contribution in [2.75, 3.05) is 0 Å². The Morgan fingerprint density at radius 1 is 1.29 bits per heavy atom. The van der Waals surface area contributed by atoms with E-state index in [1.54, 1.807) is 18.2 Å². The van der Waals surface area contributed by atoms with Gasteiger partial charge in [-0.25, -0.2) is 9.07 Å². The van der Waals surface area contributed by atoms with Gasteiger partial charge in [-0.1, -0.05) is 6.07 Å². The Morgan fingerprint density at radius 3 is 2.86 bits per heavy atom. The van der Waals surface area contributed by atoms with Crippen LogP contribution in [0.2, 0.25) is 0 Å². The first-order valence-corrected chi connectivity index (χ1v) is 6.85. The fourth-order valence-electron chi connectivity index (χ4n) is 2.12. The normalized spacial score (nSPS) is 11.2. The quantitative estimate of drug-likeness (QED) is 0.752. The van der Waals surface area contributed by atoms with E-state index in [1.807, 2.05) is 0 Å². The number of halogens is 2. The molecule has 108 valence electrons. The number of hydrogen-bond acceptors (Lipinski definition) is 5. The van der Waals surface area contributed by atoms with Crippen LogP contribution in [0.25, 0.3) is 11.0 Å². The third kappa shape index (κ3) is 2.36. The number of aliphatic hydroxyl groups is 1. The molecular weight excluding hydrogens is 343 g/mol. The highest BCUT2D eigenvalue weighted by molar-refractivity contribution is 9.10. The fourth-order valence-corrected chi connectivity index (χ4v) is 2.42. The Hall–Kier alpha value is -2.06. The summed E-state index contributed by atoms with van der Waals surface area (Å²) < 4.78 is 15.6. The van der Waals surface area contributed by atoms with Crippen LogP contribution in [0.5, 0.6) is 5.75 Å². The van der Waals surface area contributed by atoms with E-state index in [0.717, 1.165) is 0 Å². The van der Waals surface area contributed by atoms with Gasteiger partial charge in [0.15, 0.2) is 17.2 Å². The van der Waals surface area contributed by atoms with Crippen molar-refractivity contribution in [2.24, 2.45) is 0 Å². The summed E-state index contributed by atoms with van der Waals surface area (Å²) >= 11 is 3.06. The SMILES string of the molecule is OCn1nc(Cc2ccc(Br)c(O)c2F)c2ccnnc21. The standard InChI is InChI=1S/C13H10BrFN4O2/c14-9-2-1-7(11(15)12(9)21)5-10-8-3-4-16-17-13(8)19(6-20)18-10/h1-4,20-21H,5-6H2. The first-order chi connectivity index (χ1) is 10.1. The van der Waals surface area contributed by atoms with Gasteiger partial charge in [0, 0.05) is 11.8 Å². The molecule has 8 heteroatoms. The van der Waals surface area contributed by atoms with E-state index in [4.69, 9.17) is 0 Å². The maximum absolute atomic E-state index is 14.0. The van der Waals surface area contributed by atoms with Crippen LogP contribution >= 0.6 is 15.9 Å². The number of aromatic hydroxyl groups is 1. The molecule has 21 heavy (non-hydrogen) atoms. The van der Waals surface area contributed by atoms with Gasteiger partial charge in [0.05, 0.1) is 16.4 Å². The van der Waals surface area contributed by atoms with Crippen molar-refractivity contribution in [3.05, 3.63) is 45.9 Å². The third-order valence-electron chi connectivity index (χ3n) is 3.14. The summed E-state index contributed by atoms with van der Waals surface area (Å²) in [7, 11) is 0. The number of nitrogens with zero attached hydrogens (tertiary/aromatic N) is 4. The Bertz CT molecular complexity index is 821. The summed E-state index contributed by atoms with van der Waals surface area (Å²) in [6, 6.07) is 4.84. The van der Waals surface area contributed by atoms with Crippen LogP contribution < -0.4 is 0 Å². The van der Waals surface area contributed by atoms with Crippen molar-refractivity contribution in [3.8, 4) is 5.75 Å². The lowest BCUT2D eigenvalue weighted by Gasteiger charge is -2.05. The molecule has 0 aliphatic carbocycles. The van der Waals surface area contributed by atoms with E-state index in [0.29, 0.717) is 26.8 Å². The fraction of sp³-hybridized carbons (Fsp3) is 0.154. The van der Waals surface area contributed by atoms with Crippen molar-refractivity contribution >= 4 is 27.0 Å². The lowest BCUT2D eigenvalue weighted by atomic mass is 10.1. The second kappa shape index (κ2) is 5.38. The average molecular weight is 353 g/mol. The molecular formula is C13H10BrFN4O2. The third-order valence-corrected chi connectivity index (χ3v) is 3.78. The average Bonchev–Trinajstić information content (AvgIpc) is 2.86. The molecule has 0 atom stereocenters. The highest BCUT2D eigenvalue weighted by atomic mass is 79.9. The lowest BCUT2D eigenvalue weighted by molar-refractivity contribution is 0.199. The maximum atomic E-state index is 14.0. The number of phenols is 1. The van der Waals surface area contributed by atoms with E-state index in [1.165, 1.54) is 10.9 Å². The Morgan fingerprint density at radius 2 is 2.10 bits per heavy atom. The Kier molecular flexibility index (Phi) is 3.56. The predicted octanol–water partition coefficient (Wildman–Crippen LogP) is 1.97. The molecule has 2 aromatic heterocycles. The van der Waals surface area contributed by atoms with Crippen molar-refractivity contribution in [1.82, 2.24) is 20.0 Å². The van der Waals surface area contributed by atoms with Crippen LogP contribution in [0.4, 0.5) is 4.39 Å². The molecule has 1 aromatic carbocycles. The molecule has 0 aliphatic rings. The van der Waals surface area contributed by atoms with Crippen molar-refractivity contribution in [3.63, 3.8) is 0 Å². The van der Waals surface area contributed by atoms with Gasteiger partial charge in [-0.3, -0.25) is 0 Å². The van der Waals surface area contributed by atoms with Crippen LogP contribution in [-0.2, 0) is 13.2 Å². The van der Waals surface area contributed by atoms with Gasteiger partial charge in [-0.2, -0.15) is 10.2 Å². The van der Waals surface area contributed by atoms with Crippen LogP contribution in [0, 0.1) is 5.82 Å². The molecule has 0 unspecified atom stereocenters. The Labute approximate surface area is 127 Å². The number of benzene rings is 1. The number of hydrogen-bond donors (Lipinski definition) is 2. The van der Waals surface area contributed by atoms with Crippen molar-refractivity contribution in [1.29, 1.82) is 0 Å². The van der Waals surface area contributed by atoms with Gasteiger partial charge in [-0.15, -0.1) is 5.10 Å². The van der Waals surface area contributed by atoms with Gasteiger partial charge in [0.2, 0.25) is 0 Å². The minimum atomic E-state index is -0.696. The molecule has 3 rings (SSSR count). The monoisotopic (exact) mass is 352 g/mol. The summed E-state index contributed by atoms with van der Waals surface area (Å²) in [5, 5.41) is 31.4. The molecule has 3 aromatic rings. The van der Waals surface area contributed by atoms with Gasteiger partial charge in [-0.05, 0) is 33.6 Å². The molecule has 2 heterocycles. The molecule has 0 amide bonds. The van der Waals surface area contributed by atoms with Crippen molar-refractivity contribution in [2.45, 2.75) is 13.2 Å². The molecule has 0 saturated carbocycles. The molecule has 0 fully saturated rings. The zero-order chi connectivity index (χ0) is 15.0. The smallest absolute Gasteiger partial charge is 0.182 e. The summed E-state index contributed by atoms with van der Waals surface area (Å²) in [5.74, 6) is -1.13. The van der Waals surface area contributed by atoms with Crippen LogP contribution in [0.3, 0.4) is 0 Å². The van der Waals surface area contributed by atoms with Crippen LogP contribution in [0.15, 0.2) is 28.9 Å². The highest BCUT2D eigenvalue weighted by Crippen LogP contribution is 2.30. The topological polar surface area (TPSA) is 84.1 Å². The molecule has 0 aliphatic heterocycles. The van der Waals surface area contributed by atoms with Gasteiger partial charge >= 0.3 is 0 Å². The minimum absolute atomic E-state index is 0.169. The molecule has 0 saturated heterocycles. The Balaban J connectivity index is 2.09. The summed E-state index contributed by atoms with van der Waals surface area (Å²) in [4.78, 5) is 0. The number of fused-ring (bicyclic) bond motifs is 1. The van der Waals surface area contributed by atoms with E-state index >= 15 is 0 Å². The van der Waals surface area contributed by atoms with Crippen LogP contribution in [-0.4, -0.2) is 30.2 Å². The van der Waals surface area contributed by atoms with Crippen molar-refractivity contribution < 1.29 is 14.6 Å². The number of aromatic nitrogens is 4. The van der Waals surface area contributed by atoms with Gasteiger partial charge in [0.1, 0.15) is 6.73 Å². The molecule has 0 spiro atoms. The first-order valence-electron chi connectivity index (χ1n) is 6.05. The van der Waals surface area contributed by atoms with Crippen LogP contribution in [0.1, 0.15) is 11.3 Å². The lowest BCUT2D eigenvalue weighted by Crippen LogP contribution is -2.01. The summed E-state index contributed by atoms with van der Waals surface area (Å²) in [6.07, 6.45) is 1.67. The van der Waals surface area contributed by atoms with E-state index in [9.17, 15) is 14.6 Å². The second-order valence-corrected chi connectivity index (χ2v) is 5.26. The van der Waals surface area contributed by atoms with E-state index in [2.05, 4.69) is 31.2 Å². The number of rotatable bonds is 3. The largest absolute Gasteiger partial charge is 0.504 e. The highest BCUT2D eigenvalue weighted by Gasteiger charge is 2.16. The van der Waals surface area contributed by atoms with Gasteiger partial charge in [0.25, 0.3) is 0 Å². The number of phenolic OH excluding ortho intramolecular Hbond substituents is 1. The molecule has 6 nitrogen and oxygen atoms in total. The minimum Gasteiger partial charge on any atom is -0.504 e. The maximum Gasteiger partial charge on any atom is 0.182 e. The van der Waals surface area contributed by atoms with Gasteiger partial charge < -0.3 is 10.2 Å². The zero-order valence-corrected chi connectivity index (χ0v) is 12.2. The first kappa shape index (κ1) is 13.9. The zero-order valence-electron chi connectivity index (χ0n) is 10.7. The second-order valence-electron chi connectivity index (χ2n) is 4.40. The number of aliphatic hydroxyl groups excluding tert-OH is 1.